The van der Waals surface area contributed by atoms with Crippen molar-refractivity contribution in [1.29, 1.82) is 0 Å². The van der Waals surface area contributed by atoms with Crippen LogP contribution in [0.25, 0.3) is 0 Å². The molecule has 1 aliphatic rings. The normalized spacial score (nSPS) is 21.4. The number of para-hydroxylation sites is 2. The lowest BCUT2D eigenvalue weighted by Gasteiger charge is -2.19. The van der Waals surface area contributed by atoms with Crippen LogP contribution in [0.4, 0.5) is 0 Å². The van der Waals surface area contributed by atoms with Gasteiger partial charge in [-0.15, -0.1) is 11.8 Å². The first-order valence-electron chi connectivity index (χ1n) is 7.66. The van der Waals surface area contributed by atoms with E-state index in [1.807, 2.05) is 94.0 Å². The number of hydrogen-bond donors (Lipinski definition) is 0. The third-order valence-corrected chi connectivity index (χ3v) is 7.69. The Balaban J connectivity index is 1.47. The van der Waals surface area contributed by atoms with Crippen LogP contribution in [-0.2, 0) is 0 Å². The maximum Gasteiger partial charge on any atom is 0.119 e. The maximum atomic E-state index is 5.93. The summed E-state index contributed by atoms with van der Waals surface area (Å²) < 4.78 is 11.9. The van der Waals surface area contributed by atoms with Crippen LogP contribution in [0.3, 0.4) is 0 Å². The van der Waals surface area contributed by atoms with Gasteiger partial charge in [0, 0.05) is 22.0 Å². The second-order valence-electron chi connectivity index (χ2n) is 5.20. The van der Waals surface area contributed by atoms with E-state index < -0.39 is 0 Å². The molecule has 0 radical (unpaired) electrons. The van der Waals surface area contributed by atoms with E-state index in [0.717, 1.165) is 36.2 Å². The summed E-state index contributed by atoms with van der Waals surface area (Å²) in [5.74, 6) is 4.13. The SMILES string of the molecule is c1ccc(OCC2CSSCC(COc3ccccc3)S2)cc1. The van der Waals surface area contributed by atoms with Gasteiger partial charge in [-0.1, -0.05) is 58.0 Å². The average molecular weight is 365 g/mol. The molecule has 5 heteroatoms. The predicted octanol–water partition coefficient (Wildman–Crippen LogP) is 5.01. The lowest BCUT2D eigenvalue weighted by molar-refractivity contribution is 0.316. The molecule has 1 fully saturated rings. The highest BCUT2D eigenvalue weighted by atomic mass is 33.1. The molecule has 0 bridgehead atoms. The molecule has 0 amide bonds. The van der Waals surface area contributed by atoms with Gasteiger partial charge in [0.25, 0.3) is 0 Å². The molecule has 0 spiro atoms. The quantitative estimate of drug-likeness (QED) is 0.669. The Kier molecular flexibility index (Phi) is 6.92. The van der Waals surface area contributed by atoms with Crippen molar-refractivity contribution in [3.63, 3.8) is 0 Å². The van der Waals surface area contributed by atoms with Crippen LogP contribution in [-0.4, -0.2) is 35.2 Å². The molecule has 0 N–H and O–H groups in total. The summed E-state index contributed by atoms with van der Waals surface area (Å²) >= 11 is 2.00. The van der Waals surface area contributed by atoms with Gasteiger partial charge in [0.1, 0.15) is 24.7 Å². The molecule has 0 aromatic heterocycles. The van der Waals surface area contributed by atoms with Crippen molar-refractivity contribution in [1.82, 2.24) is 0 Å². The van der Waals surface area contributed by atoms with Crippen LogP contribution in [0.15, 0.2) is 60.7 Å². The van der Waals surface area contributed by atoms with Crippen molar-refractivity contribution in [2.45, 2.75) is 10.5 Å². The zero-order valence-electron chi connectivity index (χ0n) is 12.8. The first kappa shape index (κ1) is 16.9. The Labute approximate surface area is 150 Å². The van der Waals surface area contributed by atoms with Crippen LogP contribution >= 0.6 is 33.3 Å². The number of thioether (sulfide) groups is 1. The fourth-order valence-corrected chi connectivity index (χ4v) is 6.83. The van der Waals surface area contributed by atoms with Crippen LogP contribution in [0.5, 0.6) is 11.5 Å². The van der Waals surface area contributed by atoms with E-state index in [0.29, 0.717) is 10.5 Å². The molecular formula is C18H20O2S3. The molecule has 2 nitrogen and oxygen atoms in total. The van der Waals surface area contributed by atoms with Crippen molar-refractivity contribution in [3.05, 3.63) is 60.7 Å². The van der Waals surface area contributed by atoms with E-state index in [4.69, 9.17) is 9.47 Å². The van der Waals surface area contributed by atoms with Crippen LogP contribution in [0, 0.1) is 0 Å². The zero-order valence-corrected chi connectivity index (χ0v) is 15.2. The topological polar surface area (TPSA) is 18.5 Å². The van der Waals surface area contributed by atoms with Crippen LogP contribution in [0.2, 0.25) is 0 Å². The van der Waals surface area contributed by atoms with Crippen molar-refractivity contribution in [2.24, 2.45) is 0 Å². The van der Waals surface area contributed by atoms with Crippen molar-refractivity contribution in [3.8, 4) is 11.5 Å². The summed E-state index contributed by atoms with van der Waals surface area (Å²) in [6, 6.07) is 20.1. The molecule has 3 rings (SSSR count). The largest absolute Gasteiger partial charge is 0.492 e. The Morgan fingerprint density at radius 3 is 1.57 bits per heavy atom. The van der Waals surface area contributed by atoms with E-state index in [1.165, 1.54) is 0 Å². The second-order valence-corrected chi connectivity index (χ2v) is 9.36. The van der Waals surface area contributed by atoms with E-state index >= 15 is 0 Å². The molecule has 1 heterocycles. The maximum absolute atomic E-state index is 5.93. The third kappa shape index (κ3) is 5.90. The minimum absolute atomic E-state index is 0.500. The lowest BCUT2D eigenvalue weighted by Crippen LogP contribution is -2.24. The van der Waals surface area contributed by atoms with Crippen LogP contribution < -0.4 is 9.47 Å². The van der Waals surface area contributed by atoms with Gasteiger partial charge in [0.05, 0.1) is 0 Å². The summed E-state index contributed by atoms with van der Waals surface area (Å²) in [7, 11) is 3.89. The van der Waals surface area contributed by atoms with E-state index in [2.05, 4.69) is 0 Å². The van der Waals surface area contributed by atoms with Gasteiger partial charge in [0.15, 0.2) is 0 Å². The molecule has 2 aromatic carbocycles. The number of rotatable bonds is 6. The molecule has 2 atom stereocenters. The van der Waals surface area contributed by atoms with Gasteiger partial charge in [-0.25, -0.2) is 0 Å². The van der Waals surface area contributed by atoms with Crippen molar-refractivity contribution < 1.29 is 9.47 Å². The molecular weight excluding hydrogens is 344 g/mol. The highest BCUT2D eigenvalue weighted by molar-refractivity contribution is 8.77. The molecule has 23 heavy (non-hydrogen) atoms. The Hall–Kier alpha value is -0.910. The third-order valence-electron chi connectivity index (χ3n) is 3.33. The smallest absolute Gasteiger partial charge is 0.119 e. The first-order chi connectivity index (χ1) is 11.4. The minimum atomic E-state index is 0.500. The zero-order chi connectivity index (χ0) is 15.7. The molecule has 0 aliphatic carbocycles. The average Bonchev–Trinajstić information content (AvgIpc) is 2.85. The molecule has 1 aliphatic heterocycles. The Bertz CT molecular complexity index is 513. The van der Waals surface area contributed by atoms with Gasteiger partial charge < -0.3 is 9.47 Å². The summed E-state index contributed by atoms with van der Waals surface area (Å²) in [5, 5.41) is 0.999. The summed E-state index contributed by atoms with van der Waals surface area (Å²) in [4.78, 5) is 0. The predicted molar refractivity (Wildman–Crippen MR) is 104 cm³/mol. The standard InChI is InChI=1S/C18H20O2S3/c1-3-7-15(8-4-1)19-11-17-13-21-22-14-18(23-17)12-20-16-9-5-2-6-10-16/h1-10,17-18H,11-14H2. The van der Waals surface area contributed by atoms with Gasteiger partial charge >= 0.3 is 0 Å². The molecule has 2 aromatic rings. The Morgan fingerprint density at radius 2 is 1.13 bits per heavy atom. The second kappa shape index (κ2) is 9.40. The van der Waals surface area contributed by atoms with Gasteiger partial charge in [-0.05, 0) is 24.3 Å². The van der Waals surface area contributed by atoms with Gasteiger partial charge in [-0.3, -0.25) is 0 Å². The van der Waals surface area contributed by atoms with Gasteiger partial charge in [-0.2, -0.15) is 0 Å². The number of hydrogen-bond acceptors (Lipinski definition) is 5. The molecule has 0 saturated carbocycles. The van der Waals surface area contributed by atoms with E-state index in [-0.39, 0.29) is 0 Å². The molecule has 122 valence electrons. The highest BCUT2D eigenvalue weighted by Crippen LogP contribution is 2.36. The number of ether oxygens (including phenoxy) is 2. The van der Waals surface area contributed by atoms with Gasteiger partial charge in [0.2, 0.25) is 0 Å². The molecule has 1 saturated heterocycles. The number of benzene rings is 2. The fourth-order valence-electron chi connectivity index (χ4n) is 2.19. The first-order valence-corrected chi connectivity index (χ1v) is 11.1. The lowest BCUT2D eigenvalue weighted by atomic mass is 10.3. The van der Waals surface area contributed by atoms with Crippen molar-refractivity contribution >= 4 is 33.3 Å². The molecule has 2 unspecified atom stereocenters. The van der Waals surface area contributed by atoms with E-state index in [1.54, 1.807) is 0 Å². The summed E-state index contributed by atoms with van der Waals surface area (Å²) in [5.41, 5.74) is 0. The van der Waals surface area contributed by atoms with Crippen molar-refractivity contribution in [2.75, 3.05) is 24.7 Å². The fraction of sp³-hybridized carbons (Fsp3) is 0.333. The minimum Gasteiger partial charge on any atom is -0.492 e. The Morgan fingerprint density at radius 1 is 0.696 bits per heavy atom. The van der Waals surface area contributed by atoms with Crippen LogP contribution in [0.1, 0.15) is 0 Å². The highest BCUT2D eigenvalue weighted by Gasteiger charge is 2.23. The summed E-state index contributed by atoms with van der Waals surface area (Å²) in [6.07, 6.45) is 0. The summed E-state index contributed by atoms with van der Waals surface area (Å²) in [6.45, 7) is 1.51. The van der Waals surface area contributed by atoms with E-state index in [9.17, 15) is 0 Å². The monoisotopic (exact) mass is 364 g/mol.